The van der Waals surface area contributed by atoms with E-state index in [0.29, 0.717) is 5.75 Å². The highest BCUT2D eigenvalue weighted by Crippen LogP contribution is 2.19. The number of alkyl carbamates (subject to hydrolysis) is 1. The molecule has 5 nitrogen and oxygen atoms in total. The molecule has 1 atom stereocenters. The van der Waals surface area contributed by atoms with Gasteiger partial charge in [-0.3, -0.25) is 9.10 Å². The van der Waals surface area contributed by atoms with Crippen LogP contribution in [0.25, 0.3) is 0 Å². The first-order chi connectivity index (χ1) is 8.66. The first-order valence-electron chi connectivity index (χ1n) is 5.54. The minimum absolute atomic E-state index is 0.100. The molecule has 1 heterocycles. The molecular weight excluding hydrogens is 252 g/mol. The van der Waals surface area contributed by atoms with Gasteiger partial charge in [0.1, 0.15) is 12.6 Å². The second-order valence-corrected chi connectivity index (χ2v) is 5.03. The molecule has 0 aliphatic carbocycles. The minimum atomic E-state index is -0.562. The van der Waals surface area contributed by atoms with Crippen molar-refractivity contribution < 1.29 is 14.3 Å². The van der Waals surface area contributed by atoms with Crippen molar-refractivity contribution in [2.45, 2.75) is 12.6 Å². The summed E-state index contributed by atoms with van der Waals surface area (Å²) >= 11 is 1.38. The Morgan fingerprint density at radius 3 is 2.83 bits per heavy atom. The van der Waals surface area contributed by atoms with E-state index in [0.717, 1.165) is 5.56 Å². The van der Waals surface area contributed by atoms with E-state index in [-0.39, 0.29) is 12.5 Å². The Balaban J connectivity index is 1.78. The molecule has 0 radical (unpaired) electrons. The molecule has 0 aromatic heterocycles. The number of amides is 2. The van der Waals surface area contributed by atoms with Gasteiger partial charge in [-0.25, -0.2) is 4.79 Å². The number of carbonyl (C=O) groups excluding carboxylic acids is 2. The van der Waals surface area contributed by atoms with Crippen molar-refractivity contribution in [3.8, 4) is 0 Å². The van der Waals surface area contributed by atoms with Crippen LogP contribution in [-0.4, -0.2) is 35.1 Å². The lowest BCUT2D eigenvalue weighted by atomic mass is 10.2. The smallest absolute Gasteiger partial charge is 0.408 e. The Kier molecular flexibility index (Phi) is 4.09. The Morgan fingerprint density at radius 1 is 1.50 bits per heavy atom. The van der Waals surface area contributed by atoms with E-state index in [1.54, 1.807) is 7.05 Å². The Hall–Kier alpha value is -1.69. The van der Waals surface area contributed by atoms with Gasteiger partial charge in [-0.05, 0) is 17.5 Å². The highest BCUT2D eigenvalue weighted by Gasteiger charge is 2.31. The summed E-state index contributed by atoms with van der Waals surface area (Å²) in [6.45, 7) is 0.205. The number of hydrogen-bond donors (Lipinski definition) is 1. The quantitative estimate of drug-likeness (QED) is 0.840. The third kappa shape index (κ3) is 3.16. The number of nitrogens with one attached hydrogen (secondary N) is 1. The van der Waals surface area contributed by atoms with Crippen molar-refractivity contribution in [3.63, 3.8) is 0 Å². The van der Waals surface area contributed by atoms with Crippen LogP contribution in [0.15, 0.2) is 30.3 Å². The fourth-order valence-electron chi connectivity index (χ4n) is 1.55. The number of nitrogens with zero attached hydrogens (tertiary/aromatic N) is 1. The van der Waals surface area contributed by atoms with Gasteiger partial charge >= 0.3 is 6.09 Å². The van der Waals surface area contributed by atoms with Gasteiger partial charge in [-0.1, -0.05) is 30.3 Å². The molecule has 2 rings (SSSR count). The second kappa shape index (κ2) is 5.77. The lowest BCUT2D eigenvalue weighted by Crippen LogP contribution is -2.42. The summed E-state index contributed by atoms with van der Waals surface area (Å²) in [6.07, 6.45) is -0.562. The molecule has 0 bridgehead atoms. The Morgan fingerprint density at radius 2 is 2.22 bits per heavy atom. The van der Waals surface area contributed by atoms with E-state index in [9.17, 15) is 9.59 Å². The lowest BCUT2D eigenvalue weighted by Gasteiger charge is -2.11. The number of carbonyl (C=O) groups is 2. The zero-order valence-electron chi connectivity index (χ0n) is 9.96. The molecule has 1 aliphatic heterocycles. The fraction of sp³-hybridized carbons (Fsp3) is 0.333. The van der Waals surface area contributed by atoms with E-state index in [1.165, 1.54) is 16.3 Å². The fourth-order valence-corrected chi connectivity index (χ4v) is 2.40. The van der Waals surface area contributed by atoms with Crippen LogP contribution < -0.4 is 5.32 Å². The second-order valence-electron chi connectivity index (χ2n) is 3.89. The summed E-state index contributed by atoms with van der Waals surface area (Å²) in [5.74, 6) is 0.451. The molecule has 6 heteroatoms. The third-order valence-electron chi connectivity index (χ3n) is 2.55. The Bertz CT molecular complexity index is 438. The van der Waals surface area contributed by atoms with Crippen LogP contribution in [0.1, 0.15) is 5.56 Å². The van der Waals surface area contributed by atoms with Gasteiger partial charge in [0.25, 0.3) is 5.91 Å². The van der Waals surface area contributed by atoms with Crippen molar-refractivity contribution in [2.75, 3.05) is 12.8 Å². The van der Waals surface area contributed by atoms with Crippen LogP contribution in [0.5, 0.6) is 0 Å². The number of rotatable bonds is 3. The molecule has 1 saturated heterocycles. The molecule has 0 spiro atoms. The molecule has 96 valence electrons. The average Bonchev–Trinajstić information content (AvgIpc) is 2.70. The largest absolute Gasteiger partial charge is 0.445 e. The zero-order chi connectivity index (χ0) is 13.0. The van der Waals surface area contributed by atoms with Crippen molar-refractivity contribution in [2.24, 2.45) is 0 Å². The molecule has 0 unspecified atom stereocenters. The summed E-state index contributed by atoms with van der Waals surface area (Å²) in [5, 5.41) is 2.56. The van der Waals surface area contributed by atoms with E-state index >= 15 is 0 Å². The standard InChI is InChI=1S/C12H14N2O3S/c1-14-11(15)10(8-18-14)13-12(16)17-7-9-5-3-2-4-6-9/h2-6,10H,7-8H2,1H3,(H,13,16)/t10-/m0/s1. The van der Waals surface area contributed by atoms with Gasteiger partial charge in [0.15, 0.2) is 0 Å². The lowest BCUT2D eigenvalue weighted by molar-refractivity contribution is -0.125. The number of likely N-dealkylation sites (N-methyl/N-ethyl adjacent to an activating group) is 1. The number of hydrogen-bond acceptors (Lipinski definition) is 4. The maximum atomic E-state index is 11.5. The van der Waals surface area contributed by atoms with Crippen LogP contribution in [0, 0.1) is 0 Å². The summed E-state index contributed by atoms with van der Waals surface area (Å²) in [4.78, 5) is 23.1. The summed E-state index contributed by atoms with van der Waals surface area (Å²) in [7, 11) is 1.68. The molecule has 1 aromatic rings. The van der Waals surface area contributed by atoms with Crippen molar-refractivity contribution in [1.82, 2.24) is 9.62 Å². The average molecular weight is 266 g/mol. The highest BCUT2D eigenvalue weighted by molar-refractivity contribution is 7.98. The maximum absolute atomic E-state index is 11.5. The monoisotopic (exact) mass is 266 g/mol. The molecule has 1 fully saturated rings. The van der Waals surface area contributed by atoms with Crippen LogP contribution >= 0.6 is 11.9 Å². The summed E-state index contributed by atoms with van der Waals surface area (Å²) in [6, 6.07) is 8.91. The van der Waals surface area contributed by atoms with Gasteiger partial charge in [0.05, 0.1) is 0 Å². The number of benzene rings is 1. The maximum Gasteiger partial charge on any atom is 0.408 e. The van der Waals surface area contributed by atoms with Gasteiger partial charge in [-0.15, -0.1) is 0 Å². The molecule has 1 aromatic carbocycles. The van der Waals surface area contributed by atoms with Gasteiger partial charge in [0, 0.05) is 12.8 Å². The van der Waals surface area contributed by atoms with Gasteiger partial charge in [0.2, 0.25) is 0 Å². The SMILES string of the molecule is CN1SC[C@H](NC(=O)OCc2ccccc2)C1=O. The Labute approximate surface area is 110 Å². The predicted molar refractivity (Wildman–Crippen MR) is 68.8 cm³/mol. The molecule has 1 aliphatic rings. The normalized spacial score (nSPS) is 18.8. The molecular formula is C12H14N2O3S. The first kappa shape index (κ1) is 12.8. The van der Waals surface area contributed by atoms with Crippen molar-refractivity contribution in [3.05, 3.63) is 35.9 Å². The van der Waals surface area contributed by atoms with E-state index in [4.69, 9.17) is 4.74 Å². The van der Waals surface area contributed by atoms with Crippen LogP contribution in [0.2, 0.25) is 0 Å². The van der Waals surface area contributed by atoms with Crippen LogP contribution in [0.3, 0.4) is 0 Å². The summed E-state index contributed by atoms with van der Waals surface area (Å²) in [5.41, 5.74) is 0.914. The van der Waals surface area contributed by atoms with E-state index in [2.05, 4.69) is 5.32 Å². The van der Waals surface area contributed by atoms with Gasteiger partial charge in [-0.2, -0.15) is 0 Å². The van der Waals surface area contributed by atoms with Crippen LogP contribution in [0.4, 0.5) is 4.79 Å². The van der Waals surface area contributed by atoms with E-state index < -0.39 is 12.1 Å². The topological polar surface area (TPSA) is 58.6 Å². The minimum Gasteiger partial charge on any atom is -0.445 e. The third-order valence-corrected chi connectivity index (χ3v) is 3.60. The highest BCUT2D eigenvalue weighted by atomic mass is 32.2. The number of ether oxygens (including phenoxy) is 1. The zero-order valence-corrected chi connectivity index (χ0v) is 10.8. The predicted octanol–water partition coefficient (Wildman–Crippen LogP) is 1.40. The molecule has 0 saturated carbocycles. The molecule has 1 N–H and O–H groups in total. The van der Waals surface area contributed by atoms with E-state index in [1.807, 2.05) is 30.3 Å². The molecule has 18 heavy (non-hydrogen) atoms. The van der Waals surface area contributed by atoms with Crippen molar-refractivity contribution >= 4 is 23.9 Å². The summed E-state index contributed by atoms with van der Waals surface area (Å²) < 4.78 is 6.56. The van der Waals surface area contributed by atoms with Gasteiger partial charge < -0.3 is 10.1 Å². The molecule has 2 amide bonds. The first-order valence-corrected chi connectivity index (χ1v) is 6.49. The van der Waals surface area contributed by atoms with Crippen molar-refractivity contribution in [1.29, 1.82) is 0 Å². The van der Waals surface area contributed by atoms with Crippen LogP contribution in [-0.2, 0) is 16.1 Å².